The van der Waals surface area contributed by atoms with Crippen molar-refractivity contribution in [2.45, 2.75) is 0 Å². The van der Waals surface area contributed by atoms with Gasteiger partial charge in [0, 0.05) is 23.0 Å². The van der Waals surface area contributed by atoms with E-state index in [4.69, 9.17) is 10.5 Å². The molecule has 0 bridgehead atoms. The molecule has 0 atom stereocenters. The molecule has 190 valence electrons. The van der Waals surface area contributed by atoms with Gasteiger partial charge in [-0.15, -0.1) is 0 Å². The van der Waals surface area contributed by atoms with Gasteiger partial charge >= 0.3 is 0 Å². The van der Waals surface area contributed by atoms with Gasteiger partial charge in [0.25, 0.3) is 0 Å². The second-order valence-electron chi connectivity index (χ2n) is 9.35. The number of benzene rings is 5. The molecule has 4 heteroatoms. The van der Waals surface area contributed by atoms with Crippen LogP contribution in [0.25, 0.3) is 61.6 Å². The van der Waals surface area contributed by atoms with Gasteiger partial charge in [-0.2, -0.15) is 0 Å². The van der Waals surface area contributed by atoms with Crippen molar-refractivity contribution in [2.75, 3.05) is 0 Å². The number of hydrogen-bond acceptors (Lipinski definition) is 3. The van der Waals surface area contributed by atoms with Gasteiger partial charge in [-0.1, -0.05) is 91.0 Å². The van der Waals surface area contributed by atoms with Gasteiger partial charge in [-0.05, 0) is 65.1 Å². The van der Waals surface area contributed by atoms with Crippen molar-refractivity contribution in [3.8, 4) is 56.3 Å². The molecule has 0 radical (unpaired) electrons. The lowest BCUT2D eigenvalue weighted by Gasteiger charge is -2.11. The standard InChI is InChI=1S/C36H25N3O/c40-34-20-8-7-17-31(34)36-38-35-30(18-10-19-33(35)39(36)29-15-5-2-6-16-29)27-13-9-14-28(23-27)32-24-26(21-22-37-32)25-11-3-1-4-12-25/h1-24,40H/i17D,21D,22D,24D. The van der Waals surface area contributed by atoms with Crippen LogP contribution < -0.4 is 0 Å². The van der Waals surface area contributed by atoms with Gasteiger partial charge in [0.05, 0.1) is 27.8 Å². The Balaban J connectivity index is 1.44. The van der Waals surface area contributed by atoms with Gasteiger partial charge in [-0.3, -0.25) is 9.55 Å². The highest BCUT2D eigenvalue weighted by molar-refractivity contribution is 5.96. The predicted molar refractivity (Wildman–Crippen MR) is 162 cm³/mol. The molecule has 0 fully saturated rings. The maximum absolute atomic E-state index is 10.8. The van der Waals surface area contributed by atoms with Crippen LogP contribution in [-0.2, 0) is 0 Å². The maximum Gasteiger partial charge on any atom is 0.149 e. The molecular formula is C36H25N3O. The first kappa shape index (κ1) is 19.6. The summed E-state index contributed by atoms with van der Waals surface area (Å²) in [5.41, 5.74) is 6.33. The van der Waals surface area contributed by atoms with Crippen molar-refractivity contribution in [2.24, 2.45) is 0 Å². The third kappa shape index (κ3) is 4.22. The zero-order valence-corrected chi connectivity index (χ0v) is 21.3. The molecule has 1 N–H and O–H groups in total. The van der Waals surface area contributed by atoms with Gasteiger partial charge < -0.3 is 5.11 Å². The van der Waals surface area contributed by atoms with Crippen molar-refractivity contribution in [1.29, 1.82) is 0 Å². The summed E-state index contributed by atoms with van der Waals surface area (Å²) < 4.78 is 36.4. The van der Waals surface area contributed by atoms with E-state index in [2.05, 4.69) is 4.98 Å². The number of aromatic nitrogens is 3. The van der Waals surface area contributed by atoms with Crippen molar-refractivity contribution >= 4 is 11.0 Å². The molecule has 0 unspecified atom stereocenters. The lowest BCUT2D eigenvalue weighted by molar-refractivity contribution is 0.477. The molecule has 0 aliphatic heterocycles. The minimum Gasteiger partial charge on any atom is -0.507 e. The van der Waals surface area contributed by atoms with Crippen LogP contribution in [0.2, 0.25) is 0 Å². The van der Waals surface area contributed by atoms with Crippen LogP contribution in [0, 0.1) is 0 Å². The van der Waals surface area contributed by atoms with E-state index in [0.717, 1.165) is 22.3 Å². The topological polar surface area (TPSA) is 50.9 Å². The Bertz CT molecular complexity index is 2160. The summed E-state index contributed by atoms with van der Waals surface area (Å²) in [6.07, 6.45) is -0.192. The van der Waals surface area contributed by atoms with Crippen molar-refractivity contribution in [3.05, 3.63) is 146 Å². The van der Waals surface area contributed by atoms with Crippen LogP contribution >= 0.6 is 0 Å². The first-order valence-corrected chi connectivity index (χ1v) is 12.9. The van der Waals surface area contributed by atoms with Crippen LogP contribution in [-0.4, -0.2) is 19.6 Å². The Morgan fingerprint density at radius 1 is 0.625 bits per heavy atom. The molecule has 0 saturated carbocycles. The fraction of sp³-hybridized carbons (Fsp3) is 0. The first-order valence-electron chi connectivity index (χ1n) is 14.9. The van der Waals surface area contributed by atoms with Crippen LogP contribution in [0.3, 0.4) is 0 Å². The van der Waals surface area contributed by atoms with E-state index >= 15 is 0 Å². The Morgan fingerprint density at radius 3 is 2.17 bits per heavy atom. The lowest BCUT2D eigenvalue weighted by atomic mass is 9.99. The van der Waals surface area contributed by atoms with Crippen LogP contribution in [0.15, 0.2) is 146 Å². The first-order chi connectivity index (χ1) is 21.4. The summed E-state index contributed by atoms with van der Waals surface area (Å²) in [4.78, 5) is 9.40. The maximum atomic E-state index is 10.8. The number of imidazole rings is 1. The largest absolute Gasteiger partial charge is 0.507 e. The fourth-order valence-electron chi connectivity index (χ4n) is 4.98. The van der Waals surface area contributed by atoms with E-state index < -0.39 is 0 Å². The molecule has 0 amide bonds. The minimum absolute atomic E-state index is 0.0270. The molecule has 40 heavy (non-hydrogen) atoms. The Labute approximate surface area is 238 Å². The molecule has 7 aromatic rings. The van der Waals surface area contributed by atoms with Gasteiger partial charge in [-0.25, -0.2) is 4.98 Å². The molecule has 4 nitrogen and oxygen atoms in total. The SMILES string of the molecule is [2H]c1cccc(O)c1-c1nc2c(-c3cccc(-c4nc([2H])c([2H])c(-c5ccccc5)c4[2H])c3)cccc2n1-c1ccccc1. The minimum atomic E-state index is -0.192. The van der Waals surface area contributed by atoms with Crippen molar-refractivity contribution in [1.82, 2.24) is 14.5 Å². The third-order valence-corrected chi connectivity index (χ3v) is 6.86. The van der Waals surface area contributed by atoms with E-state index in [1.165, 1.54) is 0 Å². The molecule has 0 aliphatic rings. The average molecular weight is 520 g/mol. The normalized spacial score (nSPS) is 12.5. The highest BCUT2D eigenvalue weighted by Crippen LogP contribution is 2.38. The monoisotopic (exact) mass is 519 g/mol. The highest BCUT2D eigenvalue weighted by atomic mass is 16.3. The number of para-hydroxylation sites is 3. The molecular weight excluding hydrogens is 490 g/mol. The summed E-state index contributed by atoms with van der Waals surface area (Å²) >= 11 is 0. The summed E-state index contributed by atoms with van der Waals surface area (Å²) in [5, 5.41) is 10.8. The van der Waals surface area contributed by atoms with Gasteiger partial charge in [0.2, 0.25) is 0 Å². The molecule has 2 aromatic heterocycles. The number of nitrogens with zero attached hydrogens (tertiary/aromatic N) is 3. The van der Waals surface area contributed by atoms with E-state index in [1.54, 1.807) is 18.2 Å². The summed E-state index contributed by atoms with van der Waals surface area (Å²) in [7, 11) is 0. The average Bonchev–Trinajstić information content (AvgIpc) is 3.43. The summed E-state index contributed by atoms with van der Waals surface area (Å²) in [6.45, 7) is 0. The smallest absolute Gasteiger partial charge is 0.149 e. The van der Waals surface area contributed by atoms with Crippen LogP contribution in [0.1, 0.15) is 5.48 Å². The molecule has 0 saturated heterocycles. The van der Waals surface area contributed by atoms with E-state index in [9.17, 15) is 5.11 Å². The second-order valence-corrected chi connectivity index (χ2v) is 9.35. The molecule has 5 aromatic carbocycles. The molecule has 0 aliphatic carbocycles. The third-order valence-electron chi connectivity index (χ3n) is 6.86. The van der Waals surface area contributed by atoms with Gasteiger partial charge in [0.15, 0.2) is 0 Å². The number of phenols is 1. The van der Waals surface area contributed by atoms with Gasteiger partial charge in [0.1, 0.15) is 11.6 Å². The quantitative estimate of drug-likeness (QED) is 0.247. The second kappa shape index (κ2) is 10.0. The number of aromatic hydroxyl groups is 1. The van der Waals surface area contributed by atoms with E-state index in [-0.39, 0.29) is 30.0 Å². The molecule has 7 rings (SSSR count). The predicted octanol–water partition coefficient (Wildman–Crippen LogP) is 8.79. The summed E-state index contributed by atoms with van der Waals surface area (Å²) in [5.74, 6) is 0.422. The highest BCUT2D eigenvalue weighted by Gasteiger charge is 2.19. The molecule has 2 heterocycles. The van der Waals surface area contributed by atoms with Crippen LogP contribution in [0.5, 0.6) is 5.75 Å². The lowest BCUT2D eigenvalue weighted by Crippen LogP contribution is -1.97. The van der Waals surface area contributed by atoms with Crippen molar-refractivity contribution in [3.63, 3.8) is 0 Å². The number of rotatable bonds is 5. The van der Waals surface area contributed by atoms with E-state index in [1.807, 2.05) is 108 Å². The Morgan fingerprint density at radius 2 is 1.35 bits per heavy atom. The number of phenolic OH excluding ortho intramolecular Hbond substituents is 1. The van der Waals surface area contributed by atoms with Crippen molar-refractivity contribution < 1.29 is 10.6 Å². The fourth-order valence-corrected chi connectivity index (χ4v) is 4.98. The number of pyridine rings is 1. The molecule has 0 spiro atoms. The summed E-state index contributed by atoms with van der Waals surface area (Å²) in [6, 6.07) is 37.4. The van der Waals surface area contributed by atoms with Crippen LogP contribution in [0.4, 0.5) is 0 Å². The zero-order chi connectivity index (χ0) is 30.4. The number of fused-ring (bicyclic) bond motifs is 1. The van der Waals surface area contributed by atoms with E-state index in [0.29, 0.717) is 39.3 Å². The Kier molecular flexibility index (Phi) is 4.90. The number of hydrogen-bond donors (Lipinski definition) is 1. The Hall–Kier alpha value is -5.48. The zero-order valence-electron chi connectivity index (χ0n) is 25.3.